The van der Waals surface area contributed by atoms with Crippen molar-refractivity contribution in [1.29, 1.82) is 0 Å². The third-order valence-corrected chi connectivity index (χ3v) is 3.32. The highest BCUT2D eigenvalue weighted by molar-refractivity contribution is 7.16. The molecule has 3 heterocycles. The summed E-state index contributed by atoms with van der Waals surface area (Å²) in [4.78, 5) is 20.9. The minimum absolute atomic E-state index is 0.166. The van der Waals surface area contributed by atoms with Crippen LogP contribution in [0.1, 0.15) is 16.3 Å². The van der Waals surface area contributed by atoms with Gasteiger partial charge in [0, 0.05) is 18.5 Å². The van der Waals surface area contributed by atoms with E-state index in [-0.39, 0.29) is 5.56 Å². The summed E-state index contributed by atoms with van der Waals surface area (Å²) in [6.45, 7) is 1.85. The molecule has 5 nitrogen and oxygen atoms in total. The topological polar surface area (TPSA) is 60.2 Å². The summed E-state index contributed by atoms with van der Waals surface area (Å²) >= 11 is 1.40. The fourth-order valence-electron chi connectivity index (χ4n) is 1.66. The minimum Gasteiger partial charge on any atom is -0.267 e. The van der Waals surface area contributed by atoms with E-state index in [0.29, 0.717) is 10.7 Å². The van der Waals surface area contributed by atoms with Gasteiger partial charge in [0.05, 0.1) is 5.69 Å². The molecule has 19 heavy (non-hydrogen) atoms. The van der Waals surface area contributed by atoms with Crippen molar-refractivity contribution in [3.63, 3.8) is 0 Å². The molecule has 3 aromatic heterocycles. The molecule has 0 atom stereocenters. The number of aromatic nitrogens is 4. The van der Waals surface area contributed by atoms with Crippen LogP contribution in [0.25, 0.3) is 17.1 Å². The maximum atomic E-state index is 11.8. The van der Waals surface area contributed by atoms with Gasteiger partial charge in [0.15, 0.2) is 0 Å². The summed E-state index contributed by atoms with van der Waals surface area (Å²) in [5, 5.41) is 4.92. The van der Waals surface area contributed by atoms with Gasteiger partial charge in [0.25, 0.3) is 5.56 Å². The van der Waals surface area contributed by atoms with Gasteiger partial charge in [-0.2, -0.15) is 9.61 Å². The molecule has 94 valence electrons. The van der Waals surface area contributed by atoms with Gasteiger partial charge in [-0.15, -0.1) is 0 Å². The largest absolute Gasteiger partial charge is 0.275 e. The third-order valence-electron chi connectivity index (χ3n) is 2.50. The predicted octanol–water partition coefficient (Wildman–Crippen LogP) is 2.02. The number of hydrogen-bond acceptors (Lipinski definition) is 5. The van der Waals surface area contributed by atoms with Crippen LogP contribution >= 0.6 is 11.3 Å². The van der Waals surface area contributed by atoms with Crippen molar-refractivity contribution in [2.45, 2.75) is 6.92 Å². The summed E-state index contributed by atoms with van der Waals surface area (Å²) in [7, 11) is 0. The van der Waals surface area contributed by atoms with Crippen LogP contribution in [0.4, 0.5) is 0 Å². The first-order chi connectivity index (χ1) is 9.22. The molecule has 0 spiro atoms. The Balaban J connectivity index is 2.02. The summed E-state index contributed by atoms with van der Waals surface area (Å²) < 4.78 is 1.32. The summed E-state index contributed by atoms with van der Waals surface area (Å²) in [5.74, 6) is 0. The Morgan fingerprint density at radius 1 is 1.37 bits per heavy atom. The van der Waals surface area contributed by atoms with E-state index >= 15 is 0 Å². The van der Waals surface area contributed by atoms with Crippen LogP contribution in [-0.4, -0.2) is 19.6 Å². The first kappa shape index (κ1) is 11.7. The molecule has 0 saturated carbocycles. The Morgan fingerprint density at radius 2 is 2.26 bits per heavy atom. The average Bonchev–Trinajstić information content (AvgIpc) is 2.79. The van der Waals surface area contributed by atoms with E-state index in [1.54, 1.807) is 18.5 Å². The van der Waals surface area contributed by atoms with Crippen molar-refractivity contribution in [2.24, 2.45) is 0 Å². The van der Waals surface area contributed by atoms with E-state index in [2.05, 4.69) is 15.1 Å². The van der Waals surface area contributed by atoms with Crippen molar-refractivity contribution < 1.29 is 0 Å². The van der Waals surface area contributed by atoms with Crippen LogP contribution in [0.3, 0.4) is 0 Å². The molecule has 0 radical (unpaired) electrons. The molecule has 0 aromatic carbocycles. The molecule has 0 aliphatic heterocycles. The highest BCUT2D eigenvalue weighted by atomic mass is 32.1. The van der Waals surface area contributed by atoms with Gasteiger partial charge in [0.1, 0.15) is 5.01 Å². The van der Waals surface area contributed by atoms with Crippen LogP contribution in [0.5, 0.6) is 0 Å². The lowest BCUT2D eigenvalue weighted by atomic mass is 10.2. The van der Waals surface area contributed by atoms with E-state index in [1.807, 2.05) is 25.1 Å². The van der Waals surface area contributed by atoms with E-state index in [4.69, 9.17) is 0 Å². The van der Waals surface area contributed by atoms with Gasteiger partial charge in [-0.05, 0) is 24.6 Å². The molecule has 0 N–H and O–H groups in total. The number of hydrogen-bond donors (Lipinski definition) is 0. The number of pyridine rings is 1. The standard InChI is InChI=1S/C13H10N4OS/c1-9-16-17-12(18)7-11(15-13(17)19-9)5-4-10-3-2-6-14-8-10/h2-8H,1H3/b5-4+. The van der Waals surface area contributed by atoms with Gasteiger partial charge in [0.2, 0.25) is 4.96 Å². The van der Waals surface area contributed by atoms with Crippen molar-refractivity contribution in [2.75, 3.05) is 0 Å². The first-order valence-corrected chi connectivity index (χ1v) is 6.50. The van der Waals surface area contributed by atoms with Gasteiger partial charge < -0.3 is 0 Å². The predicted molar refractivity (Wildman–Crippen MR) is 75.0 cm³/mol. The third kappa shape index (κ3) is 2.43. The molecule has 0 fully saturated rings. The zero-order valence-corrected chi connectivity index (χ0v) is 11.0. The van der Waals surface area contributed by atoms with E-state index in [1.165, 1.54) is 21.9 Å². The molecular formula is C13H10N4OS. The zero-order valence-electron chi connectivity index (χ0n) is 10.1. The second-order valence-corrected chi connectivity index (χ2v) is 5.11. The fourth-order valence-corrected chi connectivity index (χ4v) is 2.42. The lowest BCUT2D eigenvalue weighted by Gasteiger charge is -1.94. The molecular weight excluding hydrogens is 260 g/mol. The van der Waals surface area contributed by atoms with Crippen molar-refractivity contribution >= 4 is 28.4 Å². The van der Waals surface area contributed by atoms with E-state index in [9.17, 15) is 4.79 Å². The van der Waals surface area contributed by atoms with Gasteiger partial charge in [-0.3, -0.25) is 9.78 Å². The van der Waals surface area contributed by atoms with E-state index in [0.717, 1.165) is 10.6 Å². The maximum absolute atomic E-state index is 11.8. The van der Waals surface area contributed by atoms with Crippen LogP contribution in [-0.2, 0) is 0 Å². The minimum atomic E-state index is -0.166. The van der Waals surface area contributed by atoms with Crippen molar-refractivity contribution in [1.82, 2.24) is 19.6 Å². The van der Waals surface area contributed by atoms with Crippen LogP contribution < -0.4 is 5.56 Å². The summed E-state index contributed by atoms with van der Waals surface area (Å²) in [6, 6.07) is 5.27. The Morgan fingerprint density at radius 3 is 3.05 bits per heavy atom. The molecule has 6 heteroatoms. The maximum Gasteiger partial charge on any atom is 0.275 e. The lowest BCUT2D eigenvalue weighted by molar-refractivity contribution is 0.879. The van der Waals surface area contributed by atoms with Crippen molar-refractivity contribution in [3.05, 3.63) is 57.2 Å². The molecule has 0 bridgehead atoms. The quantitative estimate of drug-likeness (QED) is 0.715. The van der Waals surface area contributed by atoms with Gasteiger partial charge in [-0.1, -0.05) is 23.5 Å². The Labute approximate surface area is 112 Å². The molecule has 0 unspecified atom stereocenters. The Kier molecular flexibility index (Phi) is 2.92. The van der Waals surface area contributed by atoms with Crippen LogP contribution in [0.15, 0.2) is 35.4 Å². The lowest BCUT2D eigenvalue weighted by Crippen LogP contribution is -2.14. The second kappa shape index (κ2) is 4.74. The van der Waals surface area contributed by atoms with Crippen LogP contribution in [0.2, 0.25) is 0 Å². The first-order valence-electron chi connectivity index (χ1n) is 5.68. The van der Waals surface area contributed by atoms with E-state index < -0.39 is 0 Å². The number of rotatable bonds is 2. The Bertz CT molecular complexity index is 804. The number of aryl methyl sites for hydroxylation is 1. The molecule has 0 aliphatic carbocycles. The molecule has 0 amide bonds. The second-order valence-electron chi connectivity index (χ2n) is 3.95. The van der Waals surface area contributed by atoms with Gasteiger partial charge >= 0.3 is 0 Å². The molecule has 3 rings (SSSR count). The molecule has 0 aliphatic rings. The average molecular weight is 270 g/mol. The Hall–Kier alpha value is -2.34. The summed E-state index contributed by atoms with van der Waals surface area (Å²) in [5.41, 5.74) is 1.42. The summed E-state index contributed by atoms with van der Waals surface area (Å²) in [6.07, 6.45) is 7.14. The normalized spacial score (nSPS) is 11.4. The number of fused-ring (bicyclic) bond motifs is 1. The highest BCUT2D eigenvalue weighted by Crippen LogP contribution is 2.11. The monoisotopic (exact) mass is 270 g/mol. The zero-order chi connectivity index (χ0) is 13.2. The smallest absolute Gasteiger partial charge is 0.267 e. The van der Waals surface area contributed by atoms with Gasteiger partial charge in [-0.25, -0.2) is 4.98 Å². The fraction of sp³-hybridized carbons (Fsp3) is 0.0769. The van der Waals surface area contributed by atoms with Crippen LogP contribution in [0, 0.1) is 6.92 Å². The van der Waals surface area contributed by atoms with Crippen molar-refractivity contribution in [3.8, 4) is 0 Å². The SMILES string of the molecule is Cc1nn2c(=O)cc(/C=C/c3cccnc3)nc2s1. The highest BCUT2D eigenvalue weighted by Gasteiger charge is 2.04. The number of nitrogens with zero attached hydrogens (tertiary/aromatic N) is 4. The molecule has 3 aromatic rings. The molecule has 0 saturated heterocycles.